The van der Waals surface area contributed by atoms with Gasteiger partial charge in [-0.3, -0.25) is 4.79 Å². The Morgan fingerprint density at radius 1 is 1.11 bits per heavy atom. The molecule has 182 valence electrons. The van der Waals surface area contributed by atoms with E-state index in [4.69, 9.17) is 4.74 Å². The predicted octanol–water partition coefficient (Wildman–Crippen LogP) is 5.47. The second-order valence-electron chi connectivity index (χ2n) is 8.36. The molecule has 0 fully saturated rings. The van der Waals surface area contributed by atoms with Crippen LogP contribution in [-0.2, 0) is 24.7 Å². The van der Waals surface area contributed by atoms with Crippen molar-refractivity contribution in [3.05, 3.63) is 70.4 Å². The minimum absolute atomic E-state index is 0.112. The fraction of sp³-hybridized carbons (Fsp3) is 0.308. The number of nitrogens with zero attached hydrogens (tertiary/aromatic N) is 4. The SMILES string of the molecule is COc1ccc(CCCc2nnc(SCC(=O)Nc3nc(-c4ccc(C)cc4)cs3)n2C)cc1C. The highest BCUT2D eigenvalue weighted by molar-refractivity contribution is 7.99. The van der Waals surface area contributed by atoms with Crippen LogP contribution in [0.4, 0.5) is 5.13 Å². The summed E-state index contributed by atoms with van der Waals surface area (Å²) in [6.07, 6.45) is 2.75. The maximum atomic E-state index is 12.5. The zero-order valence-corrected chi connectivity index (χ0v) is 22.0. The van der Waals surface area contributed by atoms with E-state index in [1.165, 1.54) is 34.2 Å². The number of methoxy groups -OCH3 is 1. The van der Waals surface area contributed by atoms with Gasteiger partial charge in [-0.25, -0.2) is 4.98 Å². The Kier molecular flexibility index (Phi) is 8.20. The summed E-state index contributed by atoms with van der Waals surface area (Å²) in [7, 11) is 3.64. The number of carbonyl (C=O) groups excluding carboxylic acids is 1. The van der Waals surface area contributed by atoms with Gasteiger partial charge in [-0.15, -0.1) is 21.5 Å². The molecule has 0 saturated heterocycles. The lowest BCUT2D eigenvalue weighted by molar-refractivity contribution is -0.113. The fourth-order valence-corrected chi connectivity index (χ4v) is 5.17. The van der Waals surface area contributed by atoms with Gasteiger partial charge in [-0.1, -0.05) is 53.7 Å². The Labute approximate surface area is 214 Å². The van der Waals surface area contributed by atoms with E-state index in [1.807, 2.05) is 35.2 Å². The minimum Gasteiger partial charge on any atom is -0.496 e. The van der Waals surface area contributed by atoms with Crippen LogP contribution in [0.25, 0.3) is 11.3 Å². The molecule has 0 radical (unpaired) electrons. The highest BCUT2D eigenvalue weighted by Crippen LogP contribution is 2.26. The summed E-state index contributed by atoms with van der Waals surface area (Å²) in [6.45, 7) is 4.11. The number of thiazole rings is 1. The van der Waals surface area contributed by atoms with Crippen molar-refractivity contribution in [2.75, 3.05) is 18.2 Å². The van der Waals surface area contributed by atoms with Crippen molar-refractivity contribution in [1.82, 2.24) is 19.7 Å². The van der Waals surface area contributed by atoms with Crippen LogP contribution in [0.15, 0.2) is 53.0 Å². The summed E-state index contributed by atoms with van der Waals surface area (Å²) in [4.78, 5) is 17.0. The molecule has 0 aliphatic heterocycles. The summed E-state index contributed by atoms with van der Waals surface area (Å²) in [5.41, 5.74) is 5.53. The van der Waals surface area contributed by atoms with E-state index < -0.39 is 0 Å². The van der Waals surface area contributed by atoms with E-state index in [1.54, 1.807) is 7.11 Å². The van der Waals surface area contributed by atoms with Crippen molar-refractivity contribution in [3.63, 3.8) is 0 Å². The van der Waals surface area contributed by atoms with Crippen molar-refractivity contribution in [2.24, 2.45) is 7.05 Å². The third kappa shape index (κ3) is 6.49. The summed E-state index contributed by atoms with van der Waals surface area (Å²) in [5, 5.41) is 14.8. The fourth-order valence-electron chi connectivity index (χ4n) is 3.71. The Morgan fingerprint density at radius 2 is 1.91 bits per heavy atom. The third-order valence-corrected chi connectivity index (χ3v) is 7.46. The van der Waals surface area contributed by atoms with Crippen LogP contribution >= 0.6 is 23.1 Å². The van der Waals surface area contributed by atoms with E-state index in [0.29, 0.717) is 5.13 Å². The van der Waals surface area contributed by atoms with Crippen LogP contribution in [0.2, 0.25) is 0 Å². The van der Waals surface area contributed by atoms with Crippen LogP contribution in [0, 0.1) is 13.8 Å². The van der Waals surface area contributed by atoms with Gasteiger partial charge in [-0.2, -0.15) is 0 Å². The number of thioether (sulfide) groups is 1. The lowest BCUT2D eigenvalue weighted by atomic mass is 10.0. The number of nitrogens with one attached hydrogen (secondary N) is 1. The first-order valence-electron chi connectivity index (χ1n) is 11.4. The highest BCUT2D eigenvalue weighted by atomic mass is 32.2. The number of ether oxygens (including phenoxy) is 1. The molecule has 0 aliphatic rings. The monoisotopic (exact) mass is 507 g/mol. The van der Waals surface area contributed by atoms with Crippen LogP contribution < -0.4 is 10.1 Å². The molecule has 35 heavy (non-hydrogen) atoms. The van der Waals surface area contributed by atoms with E-state index in [9.17, 15) is 4.79 Å². The smallest absolute Gasteiger partial charge is 0.236 e. The van der Waals surface area contributed by atoms with Gasteiger partial charge in [0.05, 0.1) is 18.6 Å². The van der Waals surface area contributed by atoms with Crippen molar-refractivity contribution in [3.8, 4) is 17.0 Å². The molecule has 0 bridgehead atoms. The van der Waals surface area contributed by atoms with Gasteiger partial charge in [0.2, 0.25) is 5.91 Å². The topological polar surface area (TPSA) is 81.9 Å². The van der Waals surface area contributed by atoms with E-state index >= 15 is 0 Å². The number of benzene rings is 2. The first-order chi connectivity index (χ1) is 16.9. The van der Waals surface area contributed by atoms with E-state index in [0.717, 1.165) is 52.8 Å². The number of aryl methyl sites for hydroxylation is 4. The van der Waals surface area contributed by atoms with Crippen LogP contribution in [0.3, 0.4) is 0 Å². The number of hydrogen-bond acceptors (Lipinski definition) is 7. The van der Waals surface area contributed by atoms with Gasteiger partial charge >= 0.3 is 0 Å². The molecule has 0 aliphatic carbocycles. The number of hydrogen-bond donors (Lipinski definition) is 1. The minimum atomic E-state index is -0.112. The first kappa shape index (κ1) is 24.9. The normalized spacial score (nSPS) is 11.0. The van der Waals surface area contributed by atoms with Gasteiger partial charge in [0, 0.05) is 24.4 Å². The molecule has 0 atom stereocenters. The Hall–Kier alpha value is -3.17. The molecule has 4 aromatic rings. The van der Waals surface area contributed by atoms with Crippen molar-refractivity contribution >= 4 is 34.1 Å². The highest BCUT2D eigenvalue weighted by Gasteiger charge is 2.13. The van der Waals surface area contributed by atoms with Crippen molar-refractivity contribution < 1.29 is 9.53 Å². The van der Waals surface area contributed by atoms with Crippen LogP contribution in [0.1, 0.15) is 28.9 Å². The quantitative estimate of drug-likeness (QED) is 0.287. The second-order valence-corrected chi connectivity index (χ2v) is 10.2. The summed E-state index contributed by atoms with van der Waals surface area (Å²) >= 11 is 2.80. The third-order valence-electron chi connectivity index (χ3n) is 5.68. The van der Waals surface area contributed by atoms with Gasteiger partial charge in [0.25, 0.3) is 0 Å². The summed E-state index contributed by atoms with van der Waals surface area (Å²) in [6, 6.07) is 14.5. The number of anilines is 1. The number of rotatable bonds is 10. The Morgan fingerprint density at radius 3 is 2.66 bits per heavy atom. The zero-order chi connectivity index (χ0) is 24.8. The molecule has 0 spiro atoms. The van der Waals surface area contributed by atoms with Crippen LogP contribution in [0.5, 0.6) is 5.75 Å². The molecule has 4 rings (SSSR count). The first-order valence-corrected chi connectivity index (χ1v) is 13.3. The number of amides is 1. The van der Waals surface area contributed by atoms with Crippen LogP contribution in [-0.4, -0.2) is 38.5 Å². The second kappa shape index (κ2) is 11.5. The Balaban J connectivity index is 1.25. The molecule has 2 heterocycles. The molecule has 9 heteroatoms. The summed E-state index contributed by atoms with van der Waals surface area (Å²) in [5.74, 6) is 1.96. The lowest BCUT2D eigenvalue weighted by Gasteiger charge is -2.07. The maximum Gasteiger partial charge on any atom is 0.236 e. The van der Waals surface area contributed by atoms with Gasteiger partial charge in [-0.05, 0) is 43.9 Å². The molecular weight excluding hydrogens is 478 g/mol. The molecule has 1 N–H and O–H groups in total. The molecule has 0 saturated carbocycles. The molecule has 0 unspecified atom stereocenters. The Bertz CT molecular complexity index is 1300. The average Bonchev–Trinajstić information content (AvgIpc) is 3.45. The zero-order valence-electron chi connectivity index (χ0n) is 20.4. The van der Waals surface area contributed by atoms with Gasteiger partial charge in [0.1, 0.15) is 11.6 Å². The van der Waals surface area contributed by atoms with Crippen molar-refractivity contribution in [1.29, 1.82) is 0 Å². The van der Waals surface area contributed by atoms with Crippen molar-refractivity contribution in [2.45, 2.75) is 38.3 Å². The van der Waals surface area contributed by atoms with Gasteiger partial charge < -0.3 is 14.6 Å². The number of aromatic nitrogens is 4. The predicted molar refractivity (Wildman–Crippen MR) is 142 cm³/mol. The van der Waals surface area contributed by atoms with E-state index in [2.05, 4.69) is 58.6 Å². The molecular formula is C26H29N5O2S2. The molecule has 7 nitrogen and oxygen atoms in total. The molecule has 2 aromatic carbocycles. The summed E-state index contributed by atoms with van der Waals surface area (Å²) < 4.78 is 7.30. The molecule has 2 aromatic heterocycles. The van der Waals surface area contributed by atoms with Gasteiger partial charge in [0.15, 0.2) is 10.3 Å². The molecule has 1 amide bonds. The largest absolute Gasteiger partial charge is 0.496 e. The lowest BCUT2D eigenvalue weighted by Crippen LogP contribution is -2.14. The maximum absolute atomic E-state index is 12.5. The average molecular weight is 508 g/mol. The standard InChI is InChI=1S/C26H29N5O2S2/c1-17-8-11-20(12-9-17)21-15-34-25(27-21)28-24(32)16-35-26-30-29-23(31(26)3)7-5-6-19-10-13-22(33-4)18(2)14-19/h8-15H,5-7,16H2,1-4H3,(H,27,28,32). The number of carbonyl (C=O) groups is 1. The van der Waals surface area contributed by atoms with E-state index in [-0.39, 0.29) is 11.7 Å².